The fourth-order valence-corrected chi connectivity index (χ4v) is 2.60. The van der Waals surface area contributed by atoms with Gasteiger partial charge in [0.15, 0.2) is 0 Å². The number of carbonyl (C=O) groups excluding carboxylic acids is 2. The van der Waals surface area contributed by atoms with E-state index in [0.717, 1.165) is 0 Å². The van der Waals surface area contributed by atoms with Crippen molar-refractivity contribution in [2.45, 2.75) is 32.8 Å². The number of anilines is 1. The number of nitrogens with zero attached hydrogens (tertiary/aromatic N) is 1. The van der Waals surface area contributed by atoms with E-state index in [1.54, 1.807) is 13.8 Å². The molecule has 23 heavy (non-hydrogen) atoms. The quantitative estimate of drug-likeness (QED) is 0.880. The lowest BCUT2D eigenvalue weighted by molar-refractivity contribution is -0.148. The van der Waals surface area contributed by atoms with E-state index in [9.17, 15) is 14.0 Å². The Labute approximate surface area is 131 Å². The van der Waals surface area contributed by atoms with Crippen LogP contribution in [0.25, 0.3) is 0 Å². The van der Waals surface area contributed by atoms with Gasteiger partial charge in [-0.15, -0.1) is 0 Å². The number of rotatable bonds is 3. The molecule has 0 saturated carbocycles. The molecule has 1 aromatic heterocycles. The number of hydrogen-bond acceptors (Lipinski definition) is 5. The highest BCUT2D eigenvalue weighted by Gasteiger charge is 2.32. The molecule has 120 valence electrons. The van der Waals surface area contributed by atoms with Crippen LogP contribution in [0, 0.1) is 19.7 Å². The Kier molecular flexibility index (Phi) is 3.85. The van der Waals surface area contributed by atoms with Crippen LogP contribution in [-0.4, -0.2) is 17.0 Å². The summed E-state index contributed by atoms with van der Waals surface area (Å²) in [7, 11) is 0. The summed E-state index contributed by atoms with van der Waals surface area (Å²) in [6.45, 7) is 3.51. The first kappa shape index (κ1) is 15.2. The summed E-state index contributed by atoms with van der Waals surface area (Å²) in [4.78, 5) is 24.1. The summed E-state index contributed by atoms with van der Waals surface area (Å²) in [5.74, 6) is -1.53. The number of hydrogen-bond donors (Lipinski definition) is 1. The number of aromatic nitrogens is 1. The topological polar surface area (TPSA) is 81.4 Å². The molecule has 0 radical (unpaired) electrons. The Morgan fingerprint density at radius 3 is 2.96 bits per heavy atom. The number of amides is 1. The average molecular weight is 318 g/mol. The summed E-state index contributed by atoms with van der Waals surface area (Å²) >= 11 is 0. The predicted octanol–water partition coefficient (Wildman–Crippen LogP) is 2.60. The highest BCUT2D eigenvalue weighted by atomic mass is 19.1. The zero-order chi connectivity index (χ0) is 16.6. The Morgan fingerprint density at radius 2 is 2.26 bits per heavy atom. The van der Waals surface area contributed by atoms with Gasteiger partial charge in [0, 0.05) is 12.1 Å². The van der Waals surface area contributed by atoms with Gasteiger partial charge in [-0.1, -0.05) is 11.2 Å². The zero-order valence-corrected chi connectivity index (χ0v) is 12.7. The van der Waals surface area contributed by atoms with E-state index in [1.165, 1.54) is 18.2 Å². The molecule has 1 aliphatic heterocycles. The first-order valence-corrected chi connectivity index (χ1v) is 7.13. The minimum absolute atomic E-state index is 0.0225. The van der Waals surface area contributed by atoms with E-state index in [4.69, 9.17) is 9.26 Å². The fourth-order valence-electron chi connectivity index (χ4n) is 2.60. The van der Waals surface area contributed by atoms with Crippen molar-refractivity contribution < 1.29 is 23.2 Å². The van der Waals surface area contributed by atoms with Gasteiger partial charge in [0.25, 0.3) is 0 Å². The third-order valence-electron chi connectivity index (χ3n) is 3.88. The lowest BCUT2D eigenvalue weighted by Crippen LogP contribution is -2.28. The normalized spacial score (nSPS) is 16.7. The van der Waals surface area contributed by atoms with Crippen molar-refractivity contribution in [2.24, 2.45) is 0 Å². The first-order valence-electron chi connectivity index (χ1n) is 7.13. The van der Waals surface area contributed by atoms with Crippen LogP contribution in [0.15, 0.2) is 22.7 Å². The third-order valence-corrected chi connectivity index (χ3v) is 3.88. The van der Waals surface area contributed by atoms with E-state index >= 15 is 0 Å². The largest absolute Gasteiger partial charge is 0.460 e. The van der Waals surface area contributed by atoms with Crippen LogP contribution in [0.3, 0.4) is 0 Å². The smallest absolute Gasteiger partial charge is 0.314 e. The molecule has 0 bridgehead atoms. The van der Waals surface area contributed by atoms with Crippen molar-refractivity contribution in [1.29, 1.82) is 0 Å². The van der Waals surface area contributed by atoms with Gasteiger partial charge in [-0.2, -0.15) is 0 Å². The minimum Gasteiger partial charge on any atom is -0.460 e. The van der Waals surface area contributed by atoms with Crippen LogP contribution in [0.4, 0.5) is 10.1 Å². The maximum absolute atomic E-state index is 13.3. The van der Waals surface area contributed by atoms with E-state index in [-0.39, 0.29) is 18.9 Å². The second-order valence-corrected chi connectivity index (χ2v) is 5.45. The van der Waals surface area contributed by atoms with Gasteiger partial charge in [0.1, 0.15) is 18.2 Å². The standard InChI is InChI=1S/C16H15FN2O4/c1-8-13(9(2)23-19-8)7-22-16(21)12-6-15(20)18-14-5-10(17)3-4-11(12)14/h3-5,12H,6-7H2,1-2H3,(H,18,20). The number of aryl methyl sites for hydroxylation is 2. The van der Waals surface area contributed by atoms with E-state index in [1.807, 2.05) is 0 Å². The Morgan fingerprint density at radius 1 is 1.48 bits per heavy atom. The van der Waals surface area contributed by atoms with E-state index < -0.39 is 17.7 Å². The van der Waals surface area contributed by atoms with E-state index in [2.05, 4.69) is 10.5 Å². The summed E-state index contributed by atoms with van der Waals surface area (Å²) in [5.41, 5.74) is 2.22. The van der Waals surface area contributed by atoms with Crippen molar-refractivity contribution in [2.75, 3.05) is 5.32 Å². The molecule has 1 unspecified atom stereocenters. The lowest BCUT2D eigenvalue weighted by atomic mass is 9.90. The van der Waals surface area contributed by atoms with Gasteiger partial charge in [-0.3, -0.25) is 9.59 Å². The van der Waals surface area contributed by atoms with Crippen LogP contribution in [-0.2, 0) is 20.9 Å². The second kappa shape index (κ2) is 5.83. The zero-order valence-electron chi connectivity index (χ0n) is 12.7. The van der Waals surface area contributed by atoms with Crippen LogP contribution in [0.2, 0.25) is 0 Å². The SMILES string of the molecule is Cc1noc(C)c1COC(=O)C1CC(=O)Nc2cc(F)ccc21. The molecule has 3 rings (SSSR count). The molecule has 0 saturated heterocycles. The van der Waals surface area contributed by atoms with Gasteiger partial charge in [-0.05, 0) is 31.5 Å². The minimum atomic E-state index is -0.750. The molecule has 1 amide bonds. The van der Waals surface area contributed by atoms with Crippen molar-refractivity contribution in [3.05, 3.63) is 46.6 Å². The van der Waals surface area contributed by atoms with Gasteiger partial charge in [-0.25, -0.2) is 4.39 Å². The maximum atomic E-state index is 13.3. The number of esters is 1. The van der Waals surface area contributed by atoms with Crippen LogP contribution < -0.4 is 5.32 Å². The number of halogens is 1. The van der Waals surface area contributed by atoms with Crippen molar-refractivity contribution in [1.82, 2.24) is 5.16 Å². The van der Waals surface area contributed by atoms with Crippen molar-refractivity contribution >= 4 is 17.6 Å². The Hall–Kier alpha value is -2.70. The highest BCUT2D eigenvalue weighted by Crippen LogP contribution is 2.33. The molecule has 2 heterocycles. The number of ether oxygens (including phenoxy) is 1. The fraction of sp³-hybridized carbons (Fsp3) is 0.312. The van der Waals surface area contributed by atoms with Gasteiger partial charge in [0.05, 0.1) is 17.2 Å². The number of fused-ring (bicyclic) bond motifs is 1. The van der Waals surface area contributed by atoms with Gasteiger partial charge in [0.2, 0.25) is 5.91 Å². The number of benzene rings is 1. The molecule has 2 aromatic rings. The number of nitrogens with one attached hydrogen (secondary N) is 1. The van der Waals surface area contributed by atoms with Crippen molar-refractivity contribution in [3.63, 3.8) is 0 Å². The molecule has 1 atom stereocenters. The molecule has 1 aliphatic rings. The first-order chi connectivity index (χ1) is 11.0. The molecule has 0 aliphatic carbocycles. The molecule has 7 heteroatoms. The third kappa shape index (κ3) is 2.94. The van der Waals surface area contributed by atoms with E-state index in [0.29, 0.717) is 28.3 Å². The van der Waals surface area contributed by atoms with Gasteiger partial charge >= 0.3 is 5.97 Å². The van der Waals surface area contributed by atoms with Gasteiger partial charge < -0.3 is 14.6 Å². The summed E-state index contributed by atoms with van der Waals surface area (Å²) < 4.78 is 23.6. The maximum Gasteiger partial charge on any atom is 0.314 e. The van der Waals surface area contributed by atoms with Crippen LogP contribution >= 0.6 is 0 Å². The average Bonchev–Trinajstić information content (AvgIpc) is 2.82. The Bertz CT molecular complexity index is 765. The molecular weight excluding hydrogens is 303 g/mol. The molecular formula is C16H15FN2O4. The molecule has 0 fully saturated rings. The molecule has 6 nitrogen and oxygen atoms in total. The highest BCUT2D eigenvalue weighted by molar-refractivity contribution is 5.99. The predicted molar refractivity (Wildman–Crippen MR) is 78.2 cm³/mol. The van der Waals surface area contributed by atoms with Crippen molar-refractivity contribution in [3.8, 4) is 0 Å². The molecule has 0 spiro atoms. The summed E-state index contributed by atoms with van der Waals surface area (Å²) in [6, 6.07) is 3.94. The molecule has 1 N–H and O–H groups in total. The van der Waals surface area contributed by atoms with Crippen LogP contribution in [0.5, 0.6) is 0 Å². The Balaban J connectivity index is 1.79. The monoisotopic (exact) mass is 318 g/mol. The number of carbonyl (C=O) groups is 2. The second-order valence-electron chi connectivity index (χ2n) is 5.45. The summed E-state index contributed by atoms with van der Waals surface area (Å²) in [5, 5.41) is 6.35. The lowest BCUT2D eigenvalue weighted by Gasteiger charge is -2.24. The molecule has 1 aromatic carbocycles. The summed E-state index contributed by atoms with van der Waals surface area (Å²) in [6.07, 6.45) is -0.0287. The van der Waals surface area contributed by atoms with Crippen LogP contribution in [0.1, 0.15) is 34.9 Å².